The zero-order valence-electron chi connectivity index (χ0n) is 12.8. The first kappa shape index (κ1) is 14.7. The molecule has 1 amide bonds. The molecule has 0 radical (unpaired) electrons. The third-order valence-electron chi connectivity index (χ3n) is 4.07. The van der Waals surface area contributed by atoms with Crippen LogP contribution in [0.4, 0.5) is 0 Å². The van der Waals surface area contributed by atoms with Crippen molar-refractivity contribution in [1.29, 1.82) is 0 Å². The number of aromatic nitrogens is 1. The molecule has 0 atom stereocenters. The maximum atomic E-state index is 12.5. The monoisotopic (exact) mass is 336 g/mol. The zero-order chi connectivity index (χ0) is 16.8. The molecule has 1 aromatic heterocycles. The minimum absolute atomic E-state index is 0.0546. The van der Waals surface area contributed by atoms with E-state index in [-0.39, 0.29) is 11.8 Å². The van der Waals surface area contributed by atoms with Crippen molar-refractivity contribution in [2.24, 2.45) is 4.99 Å². The van der Waals surface area contributed by atoms with Crippen LogP contribution in [-0.4, -0.2) is 21.7 Å². The van der Waals surface area contributed by atoms with E-state index in [1.807, 2.05) is 31.2 Å². The van der Waals surface area contributed by atoms with Crippen molar-refractivity contribution >= 4 is 23.2 Å². The second-order valence-corrected chi connectivity index (χ2v) is 6.18. The summed E-state index contributed by atoms with van der Waals surface area (Å²) < 4.78 is 0. The maximum Gasteiger partial charge on any atom is 0.280 e. The van der Waals surface area contributed by atoms with Crippen molar-refractivity contribution in [3.8, 4) is 17.1 Å². The summed E-state index contributed by atoms with van der Waals surface area (Å²) >= 11 is 5.92. The molecule has 0 unspecified atom stereocenters. The van der Waals surface area contributed by atoms with Crippen LogP contribution in [0.3, 0.4) is 0 Å². The Hall–Kier alpha value is -2.85. The van der Waals surface area contributed by atoms with Crippen LogP contribution in [0.2, 0.25) is 5.02 Å². The van der Waals surface area contributed by atoms with Gasteiger partial charge in [0, 0.05) is 10.6 Å². The van der Waals surface area contributed by atoms with Gasteiger partial charge in [-0.25, -0.2) is 4.99 Å². The Morgan fingerprint density at radius 1 is 1.04 bits per heavy atom. The zero-order valence-corrected chi connectivity index (χ0v) is 13.6. The summed E-state index contributed by atoms with van der Waals surface area (Å²) in [6, 6.07) is 14.8. The van der Waals surface area contributed by atoms with Gasteiger partial charge in [-0.3, -0.25) is 4.79 Å². The molecule has 4 nitrogen and oxygen atoms in total. The minimum Gasteiger partial charge on any atom is -0.494 e. The number of hydrogen-bond acceptors (Lipinski definition) is 2. The second kappa shape index (κ2) is 5.35. The van der Waals surface area contributed by atoms with Crippen LogP contribution < -0.4 is 0 Å². The van der Waals surface area contributed by atoms with Gasteiger partial charge in [-0.05, 0) is 30.7 Å². The van der Waals surface area contributed by atoms with Crippen LogP contribution in [-0.2, 0) is 0 Å². The molecule has 118 valence electrons. The molecule has 0 aliphatic carbocycles. The van der Waals surface area contributed by atoms with Gasteiger partial charge in [-0.2, -0.15) is 0 Å². The summed E-state index contributed by atoms with van der Waals surface area (Å²) in [7, 11) is 0. The largest absolute Gasteiger partial charge is 0.494 e. The fraction of sp³-hybridized carbons (Fsp3) is 0.0526. The van der Waals surface area contributed by atoms with Crippen molar-refractivity contribution < 1.29 is 9.90 Å². The standard InChI is InChI=1S/C19H13ClN2O2/c1-10-3-2-4-12(9-10)17-15-14(18(23)22-17)16(21-19(15)24)11-5-7-13(20)8-6-11/h2-9,22-23H,1H3. The van der Waals surface area contributed by atoms with E-state index in [2.05, 4.69) is 9.98 Å². The van der Waals surface area contributed by atoms with Crippen LogP contribution >= 0.6 is 11.6 Å². The van der Waals surface area contributed by atoms with E-state index in [0.29, 0.717) is 27.6 Å². The molecule has 2 N–H and O–H groups in total. The van der Waals surface area contributed by atoms with Crippen LogP contribution in [0.5, 0.6) is 5.88 Å². The lowest BCUT2D eigenvalue weighted by Gasteiger charge is -2.01. The first-order valence-electron chi connectivity index (χ1n) is 7.46. The Balaban J connectivity index is 1.89. The van der Waals surface area contributed by atoms with Gasteiger partial charge in [-0.15, -0.1) is 0 Å². The first-order valence-corrected chi connectivity index (χ1v) is 7.83. The normalized spacial score (nSPS) is 13.1. The van der Waals surface area contributed by atoms with E-state index in [4.69, 9.17) is 11.6 Å². The number of fused-ring (bicyclic) bond motifs is 1. The summed E-state index contributed by atoms with van der Waals surface area (Å²) in [5, 5.41) is 11.0. The number of rotatable bonds is 2. The third kappa shape index (κ3) is 2.23. The highest BCUT2D eigenvalue weighted by atomic mass is 35.5. The molecule has 4 rings (SSSR count). The van der Waals surface area contributed by atoms with Gasteiger partial charge < -0.3 is 10.1 Å². The van der Waals surface area contributed by atoms with E-state index in [0.717, 1.165) is 16.7 Å². The van der Waals surface area contributed by atoms with Crippen LogP contribution in [0, 0.1) is 6.92 Å². The summed E-state index contributed by atoms with van der Waals surface area (Å²) in [5.41, 5.74) is 4.54. The van der Waals surface area contributed by atoms with Crippen LogP contribution in [0.1, 0.15) is 27.0 Å². The average molecular weight is 337 g/mol. The number of aromatic hydroxyl groups is 1. The predicted octanol–water partition coefficient (Wildman–Crippen LogP) is 4.34. The number of benzene rings is 2. The average Bonchev–Trinajstić information content (AvgIpc) is 3.08. The van der Waals surface area contributed by atoms with E-state index >= 15 is 0 Å². The molecule has 0 bridgehead atoms. The fourth-order valence-electron chi connectivity index (χ4n) is 2.98. The molecule has 0 saturated carbocycles. The van der Waals surface area contributed by atoms with E-state index in [1.54, 1.807) is 24.3 Å². The summed E-state index contributed by atoms with van der Waals surface area (Å²) in [4.78, 5) is 19.5. The molecular formula is C19H13ClN2O2. The number of nitrogens with zero attached hydrogens (tertiary/aromatic N) is 1. The lowest BCUT2D eigenvalue weighted by molar-refractivity contribution is 0.101. The van der Waals surface area contributed by atoms with Gasteiger partial charge in [-0.1, -0.05) is 47.5 Å². The highest BCUT2D eigenvalue weighted by Crippen LogP contribution is 2.38. The Labute approximate surface area is 143 Å². The highest BCUT2D eigenvalue weighted by Gasteiger charge is 2.33. The van der Waals surface area contributed by atoms with E-state index in [9.17, 15) is 9.90 Å². The molecule has 0 fully saturated rings. The SMILES string of the molecule is Cc1cccc(-c2[nH]c(O)c3c2C(=O)N=C3c2ccc(Cl)cc2)c1. The molecule has 2 aromatic carbocycles. The van der Waals surface area contributed by atoms with Gasteiger partial charge >= 0.3 is 0 Å². The molecule has 0 spiro atoms. The van der Waals surface area contributed by atoms with Crippen molar-refractivity contribution in [2.45, 2.75) is 6.92 Å². The summed E-state index contributed by atoms with van der Waals surface area (Å²) in [6.45, 7) is 1.98. The van der Waals surface area contributed by atoms with E-state index in [1.165, 1.54) is 0 Å². The Morgan fingerprint density at radius 3 is 2.50 bits per heavy atom. The fourth-order valence-corrected chi connectivity index (χ4v) is 3.10. The Kier molecular flexibility index (Phi) is 3.28. The number of halogens is 1. The van der Waals surface area contributed by atoms with Gasteiger partial charge in [0.2, 0.25) is 0 Å². The van der Waals surface area contributed by atoms with Crippen molar-refractivity contribution in [3.05, 3.63) is 75.8 Å². The Bertz CT molecular complexity index is 1000. The first-order chi connectivity index (χ1) is 11.5. The third-order valence-corrected chi connectivity index (χ3v) is 4.32. The van der Waals surface area contributed by atoms with Crippen LogP contribution in [0.15, 0.2) is 53.5 Å². The van der Waals surface area contributed by atoms with Gasteiger partial charge in [0.1, 0.15) is 0 Å². The molecule has 0 saturated heterocycles. The molecule has 3 aromatic rings. The Morgan fingerprint density at radius 2 is 1.79 bits per heavy atom. The van der Waals surface area contributed by atoms with Crippen molar-refractivity contribution in [3.63, 3.8) is 0 Å². The number of H-pyrrole nitrogens is 1. The lowest BCUT2D eigenvalue weighted by Crippen LogP contribution is -1.99. The topological polar surface area (TPSA) is 65.4 Å². The summed E-state index contributed by atoms with van der Waals surface area (Å²) in [5.74, 6) is -0.413. The van der Waals surface area contributed by atoms with Gasteiger partial charge in [0.25, 0.3) is 5.91 Å². The number of amides is 1. The molecule has 1 aliphatic heterocycles. The van der Waals surface area contributed by atoms with Gasteiger partial charge in [0.05, 0.1) is 22.5 Å². The minimum atomic E-state index is -0.358. The van der Waals surface area contributed by atoms with Crippen molar-refractivity contribution in [1.82, 2.24) is 4.98 Å². The highest BCUT2D eigenvalue weighted by molar-refractivity contribution is 6.32. The number of aliphatic imine (C=N–C) groups is 1. The number of hydrogen-bond donors (Lipinski definition) is 2. The maximum absolute atomic E-state index is 12.5. The van der Waals surface area contributed by atoms with Crippen molar-refractivity contribution in [2.75, 3.05) is 0 Å². The van der Waals surface area contributed by atoms with Crippen LogP contribution in [0.25, 0.3) is 11.3 Å². The van der Waals surface area contributed by atoms with Gasteiger partial charge in [0.15, 0.2) is 5.88 Å². The molecular weight excluding hydrogens is 324 g/mol. The summed E-state index contributed by atoms with van der Waals surface area (Å²) in [6.07, 6.45) is 0. The second-order valence-electron chi connectivity index (χ2n) is 5.74. The molecule has 5 heteroatoms. The number of nitrogens with one attached hydrogen (secondary N) is 1. The number of carbonyl (C=O) groups is 1. The quantitative estimate of drug-likeness (QED) is 0.731. The molecule has 2 heterocycles. The molecule has 1 aliphatic rings. The predicted molar refractivity (Wildman–Crippen MR) is 94.1 cm³/mol. The smallest absolute Gasteiger partial charge is 0.280 e. The number of carbonyl (C=O) groups excluding carboxylic acids is 1. The number of aryl methyl sites for hydroxylation is 1. The van der Waals surface area contributed by atoms with E-state index < -0.39 is 0 Å². The molecule has 24 heavy (non-hydrogen) atoms. The number of aromatic amines is 1. The lowest BCUT2D eigenvalue weighted by atomic mass is 9.99.